The molecule has 0 fully saturated rings. The molecule has 3 amide bonds. The Bertz CT molecular complexity index is 1140. The summed E-state index contributed by atoms with van der Waals surface area (Å²) in [6.45, 7) is 0.191. The third-order valence-corrected chi connectivity index (χ3v) is 5.94. The van der Waals surface area contributed by atoms with Crippen molar-refractivity contribution in [1.29, 1.82) is 0 Å². The number of hydrogen-bond donors (Lipinski definition) is 1. The lowest BCUT2D eigenvalue weighted by atomic mass is 10.1. The number of nitrogens with one attached hydrogen (secondary N) is 1. The average molecular weight is 449 g/mol. The van der Waals surface area contributed by atoms with Crippen LogP contribution in [0.25, 0.3) is 0 Å². The summed E-state index contributed by atoms with van der Waals surface area (Å²) in [5.41, 5.74) is 1.46. The van der Waals surface area contributed by atoms with Gasteiger partial charge in [0, 0.05) is 31.4 Å². The lowest BCUT2D eigenvalue weighted by molar-refractivity contribution is -0.116. The zero-order chi connectivity index (χ0) is 22.5. The Morgan fingerprint density at radius 3 is 2.22 bits per heavy atom. The second-order valence-electron chi connectivity index (χ2n) is 7.25. The SMILES string of the molecule is O=C(CCCC(=O)c1ccccc1)Nc1nnc(CCN2C(=O)c3ccccc3C2=O)s1. The predicted molar refractivity (Wildman–Crippen MR) is 119 cm³/mol. The number of nitrogens with zero attached hydrogens (tertiary/aromatic N) is 3. The van der Waals surface area contributed by atoms with E-state index in [9.17, 15) is 19.2 Å². The Morgan fingerprint density at radius 1 is 0.875 bits per heavy atom. The smallest absolute Gasteiger partial charge is 0.261 e. The van der Waals surface area contributed by atoms with Crippen molar-refractivity contribution in [1.82, 2.24) is 15.1 Å². The van der Waals surface area contributed by atoms with E-state index in [4.69, 9.17) is 0 Å². The largest absolute Gasteiger partial charge is 0.301 e. The summed E-state index contributed by atoms with van der Waals surface area (Å²) in [7, 11) is 0. The van der Waals surface area contributed by atoms with Crippen LogP contribution in [-0.4, -0.2) is 45.1 Å². The first-order valence-electron chi connectivity index (χ1n) is 10.2. The maximum Gasteiger partial charge on any atom is 0.261 e. The highest BCUT2D eigenvalue weighted by Gasteiger charge is 2.34. The van der Waals surface area contributed by atoms with Crippen LogP contribution in [0.5, 0.6) is 0 Å². The molecule has 2 aromatic carbocycles. The molecule has 0 unspecified atom stereocenters. The molecule has 0 saturated heterocycles. The molecule has 32 heavy (non-hydrogen) atoms. The molecule has 162 valence electrons. The Labute approximate surface area is 188 Å². The van der Waals surface area contributed by atoms with Crippen LogP contribution in [0.3, 0.4) is 0 Å². The van der Waals surface area contributed by atoms with Crippen LogP contribution in [0.15, 0.2) is 54.6 Å². The Hall–Kier alpha value is -3.72. The number of carbonyl (C=O) groups is 4. The maximum atomic E-state index is 12.4. The van der Waals surface area contributed by atoms with Crippen LogP contribution in [0, 0.1) is 0 Å². The number of aromatic nitrogens is 2. The van der Waals surface area contributed by atoms with Gasteiger partial charge in [0.2, 0.25) is 11.0 Å². The van der Waals surface area contributed by atoms with Gasteiger partial charge in [-0.2, -0.15) is 0 Å². The summed E-state index contributed by atoms with van der Waals surface area (Å²) in [5.74, 6) is -0.860. The van der Waals surface area contributed by atoms with Crippen molar-refractivity contribution in [3.05, 3.63) is 76.3 Å². The number of anilines is 1. The van der Waals surface area contributed by atoms with Gasteiger partial charge >= 0.3 is 0 Å². The molecule has 3 aromatic rings. The fourth-order valence-electron chi connectivity index (χ4n) is 3.41. The molecule has 9 heteroatoms. The van der Waals surface area contributed by atoms with Crippen LogP contribution < -0.4 is 5.32 Å². The molecule has 8 nitrogen and oxygen atoms in total. The molecule has 1 aliphatic heterocycles. The molecule has 1 N–H and O–H groups in total. The van der Waals surface area contributed by atoms with Crippen LogP contribution in [0.4, 0.5) is 5.13 Å². The van der Waals surface area contributed by atoms with Crippen molar-refractivity contribution >= 4 is 40.0 Å². The molecule has 0 aliphatic carbocycles. The lowest BCUT2D eigenvalue weighted by Gasteiger charge is -2.12. The fraction of sp³-hybridized carbons (Fsp3) is 0.217. The van der Waals surface area contributed by atoms with Gasteiger partial charge in [0.1, 0.15) is 5.01 Å². The third-order valence-electron chi connectivity index (χ3n) is 5.04. The van der Waals surface area contributed by atoms with Gasteiger partial charge in [-0.15, -0.1) is 10.2 Å². The molecular formula is C23H20N4O4S. The van der Waals surface area contributed by atoms with E-state index in [0.29, 0.717) is 46.1 Å². The lowest BCUT2D eigenvalue weighted by Crippen LogP contribution is -2.31. The number of fused-ring (bicyclic) bond motifs is 1. The second kappa shape index (κ2) is 9.61. The number of rotatable bonds is 9. The molecule has 0 atom stereocenters. The predicted octanol–water partition coefficient (Wildman–Crippen LogP) is 3.37. The second-order valence-corrected chi connectivity index (χ2v) is 8.31. The quantitative estimate of drug-likeness (QED) is 0.397. The van der Waals surface area contributed by atoms with Gasteiger partial charge in [0.05, 0.1) is 11.1 Å². The van der Waals surface area contributed by atoms with Crippen molar-refractivity contribution < 1.29 is 19.2 Å². The summed E-state index contributed by atoms with van der Waals surface area (Å²) in [4.78, 5) is 50.2. The summed E-state index contributed by atoms with van der Waals surface area (Å²) in [6, 6.07) is 15.7. The van der Waals surface area contributed by atoms with E-state index < -0.39 is 0 Å². The number of ketones is 1. The highest BCUT2D eigenvalue weighted by atomic mass is 32.1. The van der Waals surface area contributed by atoms with E-state index >= 15 is 0 Å². The average Bonchev–Trinajstić information content (AvgIpc) is 3.35. The zero-order valence-electron chi connectivity index (χ0n) is 17.1. The summed E-state index contributed by atoms with van der Waals surface area (Å²) < 4.78 is 0. The van der Waals surface area contributed by atoms with Crippen LogP contribution in [0.1, 0.15) is 55.3 Å². The number of imide groups is 1. The monoisotopic (exact) mass is 448 g/mol. The number of hydrogen-bond acceptors (Lipinski definition) is 7. The van der Waals surface area contributed by atoms with Crippen molar-refractivity contribution in [3.63, 3.8) is 0 Å². The molecule has 1 aromatic heterocycles. The van der Waals surface area contributed by atoms with Gasteiger partial charge < -0.3 is 5.32 Å². The van der Waals surface area contributed by atoms with Crippen LogP contribution in [0.2, 0.25) is 0 Å². The first kappa shape index (κ1) is 21.5. The van der Waals surface area contributed by atoms with Crippen LogP contribution >= 0.6 is 11.3 Å². The standard InChI is InChI=1S/C23H20N4O4S/c28-18(15-7-2-1-3-8-15)11-6-12-19(29)24-23-26-25-20(32-23)13-14-27-21(30)16-9-4-5-10-17(16)22(27)31/h1-5,7-10H,6,11-14H2,(H,24,26,29). The van der Waals surface area contributed by atoms with Crippen molar-refractivity contribution in [2.24, 2.45) is 0 Å². The number of benzene rings is 2. The van der Waals surface area contributed by atoms with Gasteiger partial charge in [0.25, 0.3) is 11.8 Å². The highest BCUT2D eigenvalue weighted by molar-refractivity contribution is 7.15. The molecule has 0 bridgehead atoms. The number of carbonyl (C=O) groups excluding carboxylic acids is 4. The minimum atomic E-state index is -0.311. The van der Waals surface area contributed by atoms with E-state index in [1.165, 1.54) is 16.2 Å². The van der Waals surface area contributed by atoms with E-state index in [1.807, 2.05) is 6.07 Å². The topological polar surface area (TPSA) is 109 Å². The van der Waals surface area contributed by atoms with Crippen LogP contribution in [-0.2, 0) is 11.2 Å². The van der Waals surface area contributed by atoms with E-state index in [0.717, 1.165) is 0 Å². The normalized spacial score (nSPS) is 12.7. The van der Waals surface area contributed by atoms with Gasteiger partial charge in [-0.3, -0.25) is 24.1 Å². The third kappa shape index (κ3) is 4.78. The van der Waals surface area contributed by atoms with Gasteiger partial charge in [-0.1, -0.05) is 53.8 Å². The Balaban J connectivity index is 1.23. The van der Waals surface area contributed by atoms with Crippen molar-refractivity contribution in [2.75, 3.05) is 11.9 Å². The van der Waals surface area contributed by atoms with Gasteiger partial charge in [0.15, 0.2) is 5.78 Å². The minimum absolute atomic E-state index is 0.00441. The summed E-state index contributed by atoms with van der Waals surface area (Å²) in [6.07, 6.45) is 1.27. The summed E-state index contributed by atoms with van der Waals surface area (Å²) >= 11 is 1.20. The molecule has 0 spiro atoms. The molecule has 4 rings (SSSR count). The van der Waals surface area contributed by atoms with E-state index in [1.54, 1.807) is 48.5 Å². The van der Waals surface area contributed by atoms with Gasteiger partial charge in [-0.05, 0) is 18.6 Å². The maximum absolute atomic E-state index is 12.4. The molecule has 1 aliphatic rings. The Morgan fingerprint density at radius 2 is 1.53 bits per heavy atom. The molecular weight excluding hydrogens is 428 g/mol. The van der Waals surface area contributed by atoms with Gasteiger partial charge in [-0.25, -0.2) is 0 Å². The molecule has 0 radical (unpaired) electrons. The van der Waals surface area contributed by atoms with E-state index in [2.05, 4.69) is 15.5 Å². The first-order chi connectivity index (χ1) is 15.5. The zero-order valence-corrected chi connectivity index (χ0v) is 17.9. The minimum Gasteiger partial charge on any atom is -0.301 e. The fourth-order valence-corrected chi connectivity index (χ4v) is 4.16. The molecule has 2 heterocycles. The van der Waals surface area contributed by atoms with Crippen molar-refractivity contribution in [2.45, 2.75) is 25.7 Å². The number of Topliss-reactive ketones (excluding diaryl/α,β-unsaturated/α-hetero) is 1. The van der Waals surface area contributed by atoms with Crippen molar-refractivity contribution in [3.8, 4) is 0 Å². The summed E-state index contributed by atoms with van der Waals surface area (Å²) in [5, 5.41) is 11.6. The first-order valence-corrected chi connectivity index (χ1v) is 11.0. The van der Waals surface area contributed by atoms with E-state index in [-0.39, 0.29) is 36.5 Å². The Kier molecular flexibility index (Phi) is 6.46. The number of amides is 3. The molecule has 0 saturated carbocycles. The highest BCUT2D eigenvalue weighted by Crippen LogP contribution is 2.23.